The van der Waals surface area contributed by atoms with E-state index in [4.69, 9.17) is 0 Å². The zero-order valence-electron chi connectivity index (χ0n) is 11.5. The molecule has 0 radical (unpaired) electrons. The van der Waals surface area contributed by atoms with Gasteiger partial charge in [0.2, 0.25) is 0 Å². The number of halogens is 4. The predicted octanol–water partition coefficient (Wildman–Crippen LogP) is 2.87. The van der Waals surface area contributed by atoms with Gasteiger partial charge in [0, 0.05) is 49.9 Å². The van der Waals surface area contributed by atoms with Crippen LogP contribution in [0, 0.1) is 17.6 Å². The lowest BCUT2D eigenvalue weighted by atomic mass is 9.98. The van der Waals surface area contributed by atoms with Gasteiger partial charge in [-0.3, -0.25) is 4.90 Å². The van der Waals surface area contributed by atoms with Crippen molar-refractivity contribution in [3.63, 3.8) is 0 Å². The Balaban J connectivity index is 0.00000110. The molecule has 1 aromatic carbocycles. The molecule has 1 saturated heterocycles. The monoisotopic (exact) mass is 340 g/mol. The molecule has 1 atom stereocenters. The number of aromatic hydroxyl groups is 1. The summed E-state index contributed by atoms with van der Waals surface area (Å²) in [6.45, 7) is 3.40. The topological polar surface area (TPSA) is 35.5 Å². The lowest BCUT2D eigenvalue weighted by Gasteiger charge is -2.35. The van der Waals surface area contributed by atoms with Crippen molar-refractivity contribution < 1.29 is 13.9 Å². The molecule has 1 saturated carbocycles. The Hall–Kier alpha value is -0.620. The molecule has 1 heterocycles. The van der Waals surface area contributed by atoms with Crippen LogP contribution in [0.4, 0.5) is 8.78 Å². The van der Waals surface area contributed by atoms with Crippen LogP contribution in [0.25, 0.3) is 0 Å². The molecule has 3 rings (SSSR count). The highest BCUT2D eigenvalue weighted by Crippen LogP contribution is 2.47. The highest BCUT2D eigenvalue weighted by atomic mass is 35.5. The number of rotatable bonds is 3. The fourth-order valence-corrected chi connectivity index (χ4v) is 2.95. The molecule has 3 nitrogen and oxygen atoms in total. The first-order valence-corrected chi connectivity index (χ1v) is 6.79. The Morgan fingerprint density at radius 2 is 1.76 bits per heavy atom. The van der Waals surface area contributed by atoms with Crippen LogP contribution in [0.15, 0.2) is 12.1 Å². The number of nitrogens with one attached hydrogen (secondary N) is 1. The van der Waals surface area contributed by atoms with Crippen LogP contribution >= 0.6 is 24.8 Å². The summed E-state index contributed by atoms with van der Waals surface area (Å²) in [7, 11) is 0. The van der Waals surface area contributed by atoms with E-state index in [2.05, 4.69) is 10.2 Å². The van der Waals surface area contributed by atoms with Gasteiger partial charge in [0.25, 0.3) is 0 Å². The van der Waals surface area contributed by atoms with Crippen molar-refractivity contribution in [1.82, 2.24) is 10.2 Å². The molecule has 120 valence electrons. The molecular formula is C14H20Cl2F2N2O. The summed E-state index contributed by atoms with van der Waals surface area (Å²) in [6, 6.07) is 1.76. The van der Waals surface area contributed by atoms with Crippen LogP contribution in [-0.4, -0.2) is 36.2 Å². The van der Waals surface area contributed by atoms with Gasteiger partial charge in [-0.25, -0.2) is 8.78 Å². The second kappa shape index (κ2) is 7.58. The lowest BCUT2D eigenvalue weighted by molar-refractivity contribution is 0.150. The minimum absolute atomic E-state index is 0. The van der Waals surface area contributed by atoms with Gasteiger partial charge in [0.05, 0.1) is 0 Å². The van der Waals surface area contributed by atoms with Crippen molar-refractivity contribution in [2.45, 2.75) is 18.9 Å². The molecular weight excluding hydrogens is 321 g/mol. The standard InChI is InChI=1S/C14H18F2N2O.2ClH/c15-10-7-11(16)13(12(19)8-10)14(9-1-2-9)18-5-3-17-4-6-18;;/h7-9,14,17,19H,1-6H2;2*1H/t14-;;/m1../s1. The Morgan fingerprint density at radius 3 is 2.29 bits per heavy atom. The predicted molar refractivity (Wildman–Crippen MR) is 82.4 cm³/mol. The number of hydrogen-bond acceptors (Lipinski definition) is 3. The van der Waals surface area contributed by atoms with Crippen LogP contribution in [0.5, 0.6) is 5.75 Å². The molecule has 2 N–H and O–H groups in total. The molecule has 2 fully saturated rings. The molecule has 0 aromatic heterocycles. The first-order chi connectivity index (χ1) is 9.16. The number of phenolic OH excluding ortho intramolecular Hbond substituents is 1. The van der Waals surface area contributed by atoms with Crippen LogP contribution in [0.3, 0.4) is 0 Å². The minimum Gasteiger partial charge on any atom is -0.507 e. The smallest absolute Gasteiger partial charge is 0.134 e. The van der Waals surface area contributed by atoms with E-state index in [1.54, 1.807) is 0 Å². The van der Waals surface area contributed by atoms with Crippen molar-refractivity contribution in [3.05, 3.63) is 29.3 Å². The van der Waals surface area contributed by atoms with E-state index in [-0.39, 0.29) is 42.2 Å². The summed E-state index contributed by atoms with van der Waals surface area (Å²) in [5.41, 5.74) is 0.269. The van der Waals surface area contributed by atoms with E-state index in [1.165, 1.54) is 0 Å². The van der Waals surface area contributed by atoms with Gasteiger partial charge in [0.1, 0.15) is 17.4 Å². The van der Waals surface area contributed by atoms with E-state index < -0.39 is 11.6 Å². The summed E-state index contributed by atoms with van der Waals surface area (Å²) in [5.74, 6) is -1.24. The molecule has 7 heteroatoms. The highest BCUT2D eigenvalue weighted by Gasteiger charge is 2.39. The molecule has 21 heavy (non-hydrogen) atoms. The van der Waals surface area contributed by atoms with Gasteiger partial charge in [-0.2, -0.15) is 0 Å². The maximum atomic E-state index is 14.1. The Kier molecular flexibility index (Phi) is 6.66. The quantitative estimate of drug-likeness (QED) is 0.888. The summed E-state index contributed by atoms with van der Waals surface area (Å²) >= 11 is 0. The first-order valence-electron chi connectivity index (χ1n) is 6.79. The largest absolute Gasteiger partial charge is 0.507 e. The number of nitrogens with zero attached hydrogens (tertiary/aromatic N) is 1. The Bertz CT molecular complexity index is 457. The zero-order valence-corrected chi connectivity index (χ0v) is 13.2. The summed E-state index contributed by atoms with van der Waals surface area (Å²) in [4.78, 5) is 2.20. The molecule has 2 aliphatic rings. The van der Waals surface area contributed by atoms with Crippen LogP contribution in [0.1, 0.15) is 24.4 Å². The van der Waals surface area contributed by atoms with Crippen LogP contribution in [-0.2, 0) is 0 Å². The van der Waals surface area contributed by atoms with E-state index in [1.807, 2.05) is 0 Å². The third kappa shape index (κ3) is 3.97. The van der Waals surface area contributed by atoms with Crippen molar-refractivity contribution in [3.8, 4) is 5.75 Å². The zero-order chi connectivity index (χ0) is 13.4. The molecule has 0 bridgehead atoms. The van der Waals surface area contributed by atoms with Gasteiger partial charge >= 0.3 is 0 Å². The summed E-state index contributed by atoms with van der Waals surface area (Å²) < 4.78 is 27.2. The van der Waals surface area contributed by atoms with Gasteiger partial charge in [0.15, 0.2) is 0 Å². The van der Waals surface area contributed by atoms with Crippen molar-refractivity contribution in [2.24, 2.45) is 5.92 Å². The second-order valence-corrected chi connectivity index (χ2v) is 5.39. The molecule has 0 amide bonds. The summed E-state index contributed by atoms with van der Waals surface area (Å²) in [6.07, 6.45) is 2.09. The van der Waals surface area contributed by atoms with Crippen molar-refractivity contribution in [1.29, 1.82) is 0 Å². The number of piperazine rings is 1. The summed E-state index contributed by atoms with van der Waals surface area (Å²) in [5, 5.41) is 13.2. The van der Waals surface area contributed by atoms with Crippen LogP contribution < -0.4 is 5.32 Å². The van der Waals surface area contributed by atoms with Crippen LogP contribution in [0.2, 0.25) is 0 Å². The SMILES string of the molecule is Cl.Cl.Oc1cc(F)cc(F)c1[C@@H](C1CC1)N1CCNCC1. The van der Waals surface area contributed by atoms with E-state index in [9.17, 15) is 13.9 Å². The average molecular weight is 341 g/mol. The second-order valence-electron chi connectivity index (χ2n) is 5.39. The van der Waals surface area contributed by atoms with Gasteiger partial charge in [-0.05, 0) is 18.8 Å². The fraction of sp³-hybridized carbons (Fsp3) is 0.571. The molecule has 1 aliphatic carbocycles. The number of hydrogen-bond donors (Lipinski definition) is 2. The lowest BCUT2D eigenvalue weighted by Crippen LogP contribution is -2.45. The van der Waals surface area contributed by atoms with Crippen molar-refractivity contribution in [2.75, 3.05) is 26.2 Å². The van der Waals surface area contributed by atoms with Gasteiger partial charge < -0.3 is 10.4 Å². The number of benzene rings is 1. The third-order valence-corrected chi connectivity index (χ3v) is 3.98. The molecule has 0 spiro atoms. The third-order valence-electron chi connectivity index (χ3n) is 3.98. The van der Waals surface area contributed by atoms with E-state index >= 15 is 0 Å². The maximum absolute atomic E-state index is 14.1. The fourth-order valence-electron chi connectivity index (χ4n) is 2.95. The Labute approximate surface area is 135 Å². The van der Waals surface area contributed by atoms with Gasteiger partial charge in [-0.1, -0.05) is 0 Å². The van der Waals surface area contributed by atoms with Crippen molar-refractivity contribution >= 4 is 24.8 Å². The van der Waals surface area contributed by atoms with Gasteiger partial charge in [-0.15, -0.1) is 24.8 Å². The number of phenols is 1. The first kappa shape index (κ1) is 18.4. The average Bonchev–Trinajstić information content (AvgIpc) is 3.18. The van der Waals surface area contributed by atoms with E-state index in [0.29, 0.717) is 5.92 Å². The molecule has 0 unspecified atom stereocenters. The highest BCUT2D eigenvalue weighted by molar-refractivity contribution is 5.85. The Morgan fingerprint density at radius 1 is 1.14 bits per heavy atom. The molecule has 1 aliphatic heterocycles. The maximum Gasteiger partial charge on any atom is 0.134 e. The molecule has 1 aromatic rings. The normalized spacial score (nSPS) is 20.3. The van der Waals surface area contributed by atoms with E-state index in [0.717, 1.165) is 51.2 Å². The minimum atomic E-state index is -0.728.